The van der Waals surface area contributed by atoms with Gasteiger partial charge >= 0.3 is 5.97 Å². The topological polar surface area (TPSA) is 117 Å². The van der Waals surface area contributed by atoms with Gasteiger partial charge in [-0.05, 0) is 64.9 Å². The van der Waals surface area contributed by atoms with Crippen LogP contribution in [0.1, 0.15) is 73.1 Å². The Balaban J connectivity index is 1.38. The maximum absolute atomic E-state index is 13.3. The van der Waals surface area contributed by atoms with E-state index in [-0.39, 0.29) is 35.6 Å². The van der Waals surface area contributed by atoms with Crippen LogP contribution in [0.3, 0.4) is 0 Å². The van der Waals surface area contributed by atoms with Gasteiger partial charge in [0.05, 0.1) is 22.7 Å². The molecule has 35 heavy (non-hydrogen) atoms. The number of ether oxygens (including phenoxy) is 2. The Kier molecular flexibility index (Phi) is 4.67. The van der Waals surface area contributed by atoms with Crippen LogP contribution < -0.4 is 0 Å². The van der Waals surface area contributed by atoms with Gasteiger partial charge in [-0.15, -0.1) is 0 Å². The highest BCUT2D eigenvalue weighted by molar-refractivity contribution is 5.97. The maximum Gasteiger partial charge on any atom is 0.333 e. The predicted molar refractivity (Wildman–Crippen MR) is 126 cm³/mol. The number of allylic oxidation sites excluding steroid dienone is 1. The molecule has 2 heterocycles. The number of carbonyl (C=O) groups excluding carboxylic acids is 2. The molecule has 7 nitrogen and oxygen atoms in total. The first-order valence-corrected chi connectivity index (χ1v) is 13.2. The molecule has 0 bridgehead atoms. The van der Waals surface area contributed by atoms with Crippen LogP contribution in [0, 0.1) is 28.6 Å². The van der Waals surface area contributed by atoms with Crippen molar-refractivity contribution in [3.8, 4) is 0 Å². The largest absolute Gasteiger partial charge is 0.458 e. The van der Waals surface area contributed by atoms with Crippen LogP contribution in [0.4, 0.5) is 0 Å². The molecule has 1 saturated heterocycles. The molecule has 0 radical (unpaired) electrons. The average molecular weight is 487 g/mol. The second-order valence-electron chi connectivity index (χ2n) is 12.8. The Morgan fingerprint density at radius 2 is 1.77 bits per heavy atom. The van der Waals surface area contributed by atoms with Gasteiger partial charge in [-0.1, -0.05) is 25.5 Å². The Morgan fingerprint density at radius 3 is 2.46 bits per heavy atom. The minimum absolute atomic E-state index is 0.101. The highest BCUT2D eigenvalue weighted by atomic mass is 16.6. The van der Waals surface area contributed by atoms with Gasteiger partial charge < -0.3 is 24.8 Å². The summed E-state index contributed by atoms with van der Waals surface area (Å²) in [5.74, 6) is -1.42. The summed E-state index contributed by atoms with van der Waals surface area (Å²) >= 11 is 0. The lowest BCUT2D eigenvalue weighted by Crippen LogP contribution is -2.73. The van der Waals surface area contributed by atoms with Crippen molar-refractivity contribution >= 4 is 11.8 Å². The Morgan fingerprint density at radius 1 is 1.06 bits per heavy atom. The molecule has 3 saturated carbocycles. The Labute approximate surface area is 206 Å². The van der Waals surface area contributed by atoms with Crippen molar-refractivity contribution < 1.29 is 34.4 Å². The van der Waals surface area contributed by atoms with Crippen LogP contribution in [0.25, 0.3) is 0 Å². The fraction of sp³-hybridized carbons (Fsp3) is 0.786. The molecule has 2 aliphatic heterocycles. The quantitative estimate of drug-likeness (QED) is 0.406. The first-order chi connectivity index (χ1) is 16.3. The van der Waals surface area contributed by atoms with Crippen molar-refractivity contribution in [1.82, 2.24) is 0 Å². The van der Waals surface area contributed by atoms with Crippen LogP contribution in [0.2, 0.25) is 0 Å². The Hall–Kier alpha value is -1.54. The van der Waals surface area contributed by atoms with E-state index in [1.807, 2.05) is 27.7 Å². The minimum atomic E-state index is -1.27. The van der Waals surface area contributed by atoms with E-state index in [0.717, 1.165) is 5.57 Å². The van der Waals surface area contributed by atoms with E-state index in [9.17, 15) is 24.9 Å². The van der Waals surface area contributed by atoms with Gasteiger partial charge in [-0.25, -0.2) is 4.79 Å². The number of rotatable bonds is 2. The van der Waals surface area contributed by atoms with E-state index in [4.69, 9.17) is 9.47 Å². The van der Waals surface area contributed by atoms with Gasteiger partial charge in [-0.2, -0.15) is 0 Å². The number of cyclic esters (lactones) is 1. The molecule has 0 aromatic heterocycles. The summed E-state index contributed by atoms with van der Waals surface area (Å²) in [6, 6.07) is 0. The zero-order chi connectivity index (χ0) is 25.3. The van der Waals surface area contributed by atoms with E-state index < -0.39 is 39.8 Å². The predicted octanol–water partition coefficient (Wildman–Crippen LogP) is 2.61. The Bertz CT molecular complexity index is 1080. The highest BCUT2D eigenvalue weighted by Gasteiger charge is 2.82. The van der Waals surface area contributed by atoms with E-state index in [2.05, 4.69) is 0 Å². The lowest BCUT2D eigenvalue weighted by molar-refractivity contribution is -0.253. The molecule has 6 rings (SSSR count). The molecule has 192 valence electrons. The summed E-state index contributed by atoms with van der Waals surface area (Å²) in [7, 11) is 0. The van der Waals surface area contributed by atoms with Gasteiger partial charge in [0, 0.05) is 29.2 Å². The van der Waals surface area contributed by atoms with E-state index in [0.29, 0.717) is 44.1 Å². The second-order valence-corrected chi connectivity index (χ2v) is 12.8. The first kappa shape index (κ1) is 23.8. The summed E-state index contributed by atoms with van der Waals surface area (Å²) in [6.45, 7) is 9.45. The van der Waals surface area contributed by atoms with Crippen LogP contribution in [0.5, 0.6) is 0 Å². The van der Waals surface area contributed by atoms with Crippen LogP contribution in [-0.2, 0) is 19.1 Å². The third-order valence-electron chi connectivity index (χ3n) is 12.0. The average Bonchev–Trinajstić information content (AvgIpc) is 3.57. The van der Waals surface area contributed by atoms with Gasteiger partial charge in [0.25, 0.3) is 0 Å². The maximum atomic E-state index is 13.3. The summed E-state index contributed by atoms with van der Waals surface area (Å²) < 4.78 is 11.9. The smallest absolute Gasteiger partial charge is 0.333 e. The zero-order valence-electron chi connectivity index (χ0n) is 21.3. The van der Waals surface area contributed by atoms with Crippen molar-refractivity contribution in [1.29, 1.82) is 0 Å². The number of ketones is 1. The molecule has 0 unspecified atom stereocenters. The van der Waals surface area contributed by atoms with Crippen molar-refractivity contribution in [2.45, 2.75) is 108 Å². The molecule has 6 aliphatic rings. The van der Waals surface area contributed by atoms with Gasteiger partial charge in [-0.3, -0.25) is 4.79 Å². The number of carbonyl (C=O) groups is 2. The standard InChI is InChI=1S/C28H38O7/c1-14-13-18(34-23(30)15(14)2)16(3)26(31)11-12-27(32)20-17(8-10-24(26,27)4)25(5)19(29)7-6-9-28(25,33)22-21(20)35-22/h6-7,16-18,20-22,31-33H,8-13H2,1-5H3/t16-,17+,18-,20+,21+,22+,24-,25+,26+,27+,28+/m1/s1. The minimum Gasteiger partial charge on any atom is -0.458 e. The number of esters is 1. The van der Waals surface area contributed by atoms with Gasteiger partial charge in [0.1, 0.15) is 17.8 Å². The van der Waals surface area contributed by atoms with Crippen LogP contribution in [-0.4, -0.2) is 62.2 Å². The van der Waals surface area contributed by atoms with Crippen molar-refractivity contribution in [2.24, 2.45) is 28.6 Å². The lowest BCUT2D eigenvalue weighted by atomic mass is 9.41. The summed E-state index contributed by atoms with van der Waals surface area (Å²) in [5, 5.41) is 36.5. The summed E-state index contributed by atoms with van der Waals surface area (Å²) in [5.41, 5.74) is -4.08. The molecule has 4 aliphatic carbocycles. The third kappa shape index (κ3) is 2.51. The monoisotopic (exact) mass is 486 g/mol. The SMILES string of the molecule is CC1=C(C)C(=O)O[C@@H]([C@@H](C)[C@@]2(O)CC[C@]3(O)[C@@H]4[C@@H]5O[C@@H]5[C@@]5(O)CC=CC(=O)[C@]5(C)[C@H]4CC[C@@]32C)C1. The molecule has 0 amide bonds. The van der Waals surface area contributed by atoms with E-state index in [1.165, 1.54) is 0 Å². The molecule has 0 aromatic rings. The molecular formula is C28H38O7. The number of hydrogen-bond acceptors (Lipinski definition) is 7. The summed E-state index contributed by atoms with van der Waals surface area (Å²) in [4.78, 5) is 25.7. The molecule has 7 heteroatoms. The number of hydrogen-bond donors (Lipinski definition) is 3. The lowest BCUT2D eigenvalue weighted by Gasteiger charge is -2.63. The summed E-state index contributed by atoms with van der Waals surface area (Å²) in [6.07, 6.45) is 4.85. The van der Waals surface area contributed by atoms with Crippen LogP contribution in [0.15, 0.2) is 23.3 Å². The molecule has 4 fully saturated rings. The third-order valence-corrected chi connectivity index (χ3v) is 12.0. The molecule has 3 N–H and O–H groups in total. The molecule has 0 aromatic carbocycles. The normalized spacial score (nSPS) is 55.5. The number of fused-ring (bicyclic) bond motifs is 8. The van der Waals surface area contributed by atoms with Crippen molar-refractivity contribution in [3.63, 3.8) is 0 Å². The van der Waals surface area contributed by atoms with Crippen molar-refractivity contribution in [2.75, 3.05) is 0 Å². The molecular weight excluding hydrogens is 448 g/mol. The first-order valence-electron chi connectivity index (χ1n) is 13.2. The molecule has 0 spiro atoms. The number of aliphatic hydroxyl groups is 3. The zero-order valence-corrected chi connectivity index (χ0v) is 21.3. The highest BCUT2D eigenvalue weighted by Crippen LogP contribution is 2.73. The van der Waals surface area contributed by atoms with Gasteiger partial charge in [0.15, 0.2) is 5.78 Å². The second kappa shape index (κ2) is 6.85. The fourth-order valence-electron chi connectivity index (χ4n) is 9.23. The van der Waals surface area contributed by atoms with Gasteiger partial charge in [0.2, 0.25) is 0 Å². The van der Waals surface area contributed by atoms with E-state index >= 15 is 0 Å². The van der Waals surface area contributed by atoms with Crippen LogP contribution >= 0.6 is 0 Å². The van der Waals surface area contributed by atoms with E-state index in [1.54, 1.807) is 19.1 Å². The number of epoxide rings is 1. The molecule has 11 atom stereocenters. The van der Waals surface area contributed by atoms with Crippen molar-refractivity contribution in [3.05, 3.63) is 23.3 Å². The fourth-order valence-corrected chi connectivity index (χ4v) is 9.23.